The van der Waals surface area contributed by atoms with E-state index in [1.54, 1.807) is 12.4 Å². The van der Waals surface area contributed by atoms with E-state index in [2.05, 4.69) is 27.6 Å². The van der Waals surface area contributed by atoms with E-state index < -0.39 is 11.7 Å². The van der Waals surface area contributed by atoms with Gasteiger partial charge in [0.2, 0.25) is 0 Å². The number of hydrogen-bond acceptors (Lipinski definition) is 3. The van der Waals surface area contributed by atoms with Crippen molar-refractivity contribution in [2.75, 3.05) is 0 Å². The maximum Gasteiger partial charge on any atom is 0.420 e. The van der Waals surface area contributed by atoms with Gasteiger partial charge in [-0.25, -0.2) is 14.3 Å². The minimum absolute atomic E-state index is 0.401. The fourth-order valence-corrected chi connectivity index (χ4v) is 2.05. The molecule has 0 unspecified atom stereocenters. The number of fused-ring (bicyclic) bond motifs is 1. The highest BCUT2D eigenvalue weighted by Gasteiger charge is 2.19. The van der Waals surface area contributed by atoms with Crippen molar-refractivity contribution in [2.45, 2.75) is 26.4 Å². The molecular weight excluding hydrogens is 331 g/mol. The van der Waals surface area contributed by atoms with Crippen LogP contribution in [0.5, 0.6) is 0 Å². The lowest BCUT2D eigenvalue weighted by Crippen LogP contribution is -2.26. The molecule has 0 aliphatic heterocycles. The van der Waals surface area contributed by atoms with E-state index in [1.165, 1.54) is 4.57 Å². The van der Waals surface area contributed by atoms with Crippen LogP contribution in [0.4, 0.5) is 4.79 Å². The third-order valence-electron chi connectivity index (χ3n) is 2.12. The summed E-state index contributed by atoms with van der Waals surface area (Å²) in [7, 11) is 0. The number of pyridine rings is 1. The number of aromatic nitrogens is 2. The van der Waals surface area contributed by atoms with Crippen LogP contribution in [0.15, 0.2) is 24.5 Å². The molecule has 4 nitrogen and oxygen atoms in total. The van der Waals surface area contributed by atoms with Crippen molar-refractivity contribution in [1.82, 2.24) is 9.55 Å². The fraction of sp³-hybridized carbons (Fsp3) is 0.333. The van der Waals surface area contributed by atoms with E-state index in [9.17, 15) is 4.79 Å². The molecule has 90 valence electrons. The average molecular weight is 344 g/mol. The Kier molecular flexibility index (Phi) is 3.11. The predicted molar refractivity (Wildman–Crippen MR) is 74.1 cm³/mol. The summed E-state index contributed by atoms with van der Waals surface area (Å²) in [6.45, 7) is 5.52. The molecule has 0 N–H and O–H groups in total. The summed E-state index contributed by atoms with van der Waals surface area (Å²) in [5, 5.41) is 0.957. The van der Waals surface area contributed by atoms with Crippen LogP contribution in [0.2, 0.25) is 0 Å². The number of carbonyl (C=O) groups excluding carboxylic acids is 1. The molecule has 0 bridgehead atoms. The molecule has 0 saturated carbocycles. The summed E-state index contributed by atoms with van der Waals surface area (Å²) in [6, 6.07) is 3.77. The first-order valence-corrected chi connectivity index (χ1v) is 6.31. The second-order valence-electron chi connectivity index (χ2n) is 4.70. The Morgan fingerprint density at radius 3 is 2.76 bits per heavy atom. The van der Waals surface area contributed by atoms with Crippen LogP contribution in [-0.4, -0.2) is 21.2 Å². The quantitative estimate of drug-likeness (QED) is 0.688. The third kappa shape index (κ3) is 2.59. The number of rotatable bonds is 0. The molecule has 17 heavy (non-hydrogen) atoms. The van der Waals surface area contributed by atoms with Crippen LogP contribution in [-0.2, 0) is 4.74 Å². The van der Waals surface area contributed by atoms with E-state index in [0.717, 1.165) is 8.96 Å². The Morgan fingerprint density at radius 2 is 2.12 bits per heavy atom. The van der Waals surface area contributed by atoms with E-state index >= 15 is 0 Å². The molecule has 0 amide bonds. The zero-order chi connectivity index (χ0) is 12.6. The molecule has 0 spiro atoms. The number of ether oxygens (including phenoxy) is 1. The highest BCUT2D eigenvalue weighted by atomic mass is 127. The van der Waals surface area contributed by atoms with Crippen LogP contribution in [0, 0.1) is 3.57 Å². The number of nitrogens with zero attached hydrogens (tertiary/aromatic N) is 2. The van der Waals surface area contributed by atoms with Gasteiger partial charge >= 0.3 is 6.09 Å². The van der Waals surface area contributed by atoms with Crippen LogP contribution in [0.25, 0.3) is 11.0 Å². The smallest absolute Gasteiger partial charge is 0.420 e. The van der Waals surface area contributed by atoms with Crippen LogP contribution < -0.4 is 0 Å². The third-order valence-corrected chi connectivity index (χ3v) is 3.07. The minimum atomic E-state index is -0.504. The summed E-state index contributed by atoms with van der Waals surface area (Å²) < 4.78 is 7.81. The molecule has 0 aromatic carbocycles. The highest BCUT2D eigenvalue weighted by molar-refractivity contribution is 14.1. The zero-order valence-corrected chi connectivity index (χ0v) is 12.1. The zero-order valence-electron chi connectivity index (χ0n) is 9.90. The maximum atomic E-state index is 11.9. The van der Waals surface area contributed by atoms with Gasteiger partial charge in [-0.2, -0.15) is 0 Å². The second kappa shape index (κ2) is 4.29. The van der Waals surface area contributed by atoms with Crippen LogP contribution >= 0.6 is 22.6 Å². The summed E-state index contributed by atoms with van der Waals surface area (Å²) >= 11 is 2.22. The standard InChI is InChI=1S/C12H13IN2O2/c1-12(2,3)17-11(16)15-7-5-8-9(13)4-6-14-10(8)15/h4-7H,1-3H3. The largest absolute Gasteiger partial charge is 0.443 e. The maximum absolute atomic E-state index is 11.9. The number of halogens is 1. The van der Waals surface area contributed by atoms with E-state index in [1.807, 2.05) is 32.9 Å². The highest BCUT2D eigenvalue weighted by Crippen LogP contribution is 2.20. The van der Waals surface area contributed by atoms with Crippen molar-refractivity contribution in [3.8, 4) is 0 Å². The summed E-state index contributed by atoms with van der Waals surface area (Å²) in [5.74, 6) is 0. The van der Waals surface area contributed by atoms with E-state index in [4.69, 9.17) is 4.74 Å². The molecule has 2 rings (SSSR count). The van der Waals surface area contributed by atoms with Gasteiger partial charge < -0.3 is 4.74 Å². The summed E-state index contributed by atoms with van der Waals surface area (Å²) in [6.07, 6.45) is 2.97. The van der Waals surface area contributed by atoms with Gasteiger partial charge in [-0.1, -0.05) is 0 Å². The van der Waals surface area contributed by atoms with Crippen molar-refractivity contribution in [1.29, 1.82) is 0 Å². The van der Waals surface area contributed by atoms with E-state index in [-0.39, 0.29) is 0 Å². The minimum Gasteiger partial charge on any atom is -0.443 e. The second-order valence-corrected chi connectivity index (χ2v) is 5.86. The molecule has 5 heteroatoms. The molecule has 2 aromatic rings. The fourth-order valence-electron chi connectivity index (χ4n) is 1.46. The molecule has 0 atom stereocenters. The Hall–Kier alpha value is -1.11. The van der Waals surface area contributed by atoms with Gasteiger partial charge in [0, 0.05) is 21.4 Å². The predicted octanol–water partition coefficient (Wildman–Crippen LogP) is 3.42. The Morgan fingerprint density at radius 1 is 1.41 bits per heavy atom. The normalized spacial score (nSPS) is 11.8. The lowest BCUT2D eigenvalue weighted by atomic mass is 10.2. The Labute approximate surface area is 113 Å². The Balaban J connectivity index is 2.43. The lowest BCUT2D eigenvalue weighted by Gasteiger charge is -2.19. The summed E-state index contributed by atoms with van der Waals surface area (Å²) in [4.78, 5) is 16.2. The van der Waals surface area contributed by atoms with Crippen LogP contribution in [0.1, 0.15) is 20.8 Å². The van der Waals surface area contributed by atoms with Crippen molar-refractivity contribution in [3.05, 3.63) is 28.1 Å². The molecule has 0 saturated heterocycles. The van der Waals surface area contributed by atoms with Gasteiger partial charge in [-0.05, 0) is 55.5 Å². The van der Waals surface area contributed by atoms with Gasteiger partial charge in [0.15, 0.2) is 0 Å². The van der Waals surface area contributed by atoms with Gasteiger partial charge in [-0.15, -0.1) is 0 Å². The molecule has 2 aromatic heterocycles. The van der Waals surface area contributed by atoms with Crippen LogP contribution in [0.3, 0.4) is 0 Å². The SMILES string of the molecule is CC(C)(C)OC(=O)n1ccc2c(I)ccnc21. The van der Waals surface area contributed by atoms with Crippen molar-refractivity contribution < 1.29 is 9.53 Å². The van der Waals surface area contributed by atoms with Gasteiger partial charge in [0.1, 0.15) is 11.2 Å². The first-order valence-electron chi connectivity index (χ1n) is 5.23. The molecule has 2 heterocycles. The molecule has 0 aliphatic carbocycles. The molecule has 0 fully saturated rings. The van der Waals surface area contributed by atoms with Gasteiger partial charge in [0.25, 0.3) is 0 Å². The number of carbonyl (C=O) groups is 1. The van der Waals surface area contributed by atoms with Crippen molar-refractivity contribution in [2.24, 2.45) is 0 Å². The Bertz CT molecular complexity index is 569. The summed E-state index contributed by atoms with van der Waals surface area (Å²) in [5.41, 5.74) is 0.126. The first kappa shape index (κ1) is 12.3. The topological polar surface area (TPSA) is 44.1 Å². The number of hydrogen-bond donors (Lipinski definition) is 0. The first-order chi connectivity index (χ1) is 7.88. The molecule has 0 radical (unpaired) electrons. The van der Waals surface area contributed by atoms with Crippen molar-refractivity contribution in [3.63, 3.8) is 0 Å². The average Bonchev–Trinajstić information content (AvgIpc) is 2.60. The van der Waals surface area contributed by atoms with Crippen molar-refractivity contribution >= 4 is 39.7 Å². The van der Waals surface area contributed by atoms with Gasteiger partial charge in [0.05, 0.1) is 0 Å². The molecule has 0 aliphatic rings. The monoisotopic (exact) mass is 344 g/mol. The van der Waals surface area contributed by atoms with E-state index in [0.29, 0.717) is 5.65 Å². The molecular formula is C12H13IN2O2. The lowest BCUT2D eigenvalue weighted by molar-refractivity contribution is 0.0543. The van der Waals surface area contributed by atoms with Gasteiger partial charge in [-0.3, -0.25) is 0 Å².